The van der Waals surface area contributed by atoms with Gasteiger partial charge in [0.2, 0.25) is 5.82 Å². The summed E-state index contributed by atoms with van der Waals surface area (Å²) in [6.45, 7) is 2.49. The third kappa shape index (κ3) is 3.85. The van der Waals surface area contributed by atoms with E-state index in [2.05, 4.69) is 10.3 Å². The minimum Gasteiger partial charge on any atom is -0.384 e. The summed E-state index contributed by atoms with van der Waals surface area (Å²) in [4.78, 5) is 14.4. The second-order valence-electron chi connectivity index (χ2n) is 3.95. The van der Waals surface area contributed by atoms with Crippen molar-refractivity contribution in [3.63, 3.8) is 0 Å². The lowest BCUT2D eigenvalue weighted by Crippen LogP contribution is -2.25. The van der Waals surface area contributed by atoms with Crippen LogP contribution in [0.3, 0.4) is 0 Å². The highest BCUT2D eigenvalue weighted by Gasteiger charge is 2.18. The topological polar surface area (TPSA) is 103 Å². The number of pyridine rings is 1. The van der Waals surface area contributed by atoms with Gasteiger partial charge in [0, 0.05) is 13.2 Å². The molecule has 0 aliphatic carbocycles. The Hall–Kier alpha value is -1.89. The molecule has 1 aromatic rings. The van der Waals surface area contributed by atoms with Crippen molar-refractivity contribution >= 4 is 17.3 Å². The van der Waals surface area contributed by atoms with E-state index >= 15 is 0 Å². The average Bonchev–Trinajstić information content (AvgIpc) is 2.29. The Balaban J connectivity index is 2.92. The Bertz CT molecular complexity index is 405. The Morgan fingerprint density at radius 3 is 2.89 bits per heavy atom. The van der Waals surface area contributed by atoms with Gasteiger partial charge in [0.1, 0.15) is 5.82 Å². The van der Waals surface area contributed by atoms with E-state index in [-0.39, 0.29) is 23.4 Å². The number of hydrogen-bond acceptors (Lipinski definition) is 6. The highest BCUT2D eigenvalue weighted by molar-refractivity contribution is 5.59. The van der Waals surface area contributed by atoms with Crippen molar-refractivity contribution in [2.24, 2.45) is 0 Å². The summed E-state index contributed by atoms with van der Waals surface area (Å²) in [5.74, 6) is 0.436. The maximum Gasteiger partial charge on any atom is 0.311 e. The molecule has 1 atom stereocenters. The Morgan fingerprint density at radius 1 is 1.61 bits per heavy atom. The lowest BCUT2D eigenvalue weighted by atomic mass is 10.2. The van der Waals surface area contributed by atoms with Gasteiger partial charge in [-0.3, -0.25) is 10.1 Å². The van der Waals surface area contributed by atoms with E-state index in [1.165, 1.54) is 12.1 Å². The van der Waals surface area contributed by atoms with Gasteiger partial charge < -0.3 is 15.8 Å². The number of nitrogens with one attached hydrogen (secondary N) is 1. The molecular weight excluding hydrogens is 236 g/mol. The number of nitro groups is 1. The van der Waals surface area contributed by atoms with Crippen LogP contribution in [0, 0.1) is 10.1 Å². The first-order chi connectivity index (χ1) is 8.58. The standard InChI is InChI=1S/C11H18N4O3/c1-3-4-8(7-18-2)13-11-9(15(16)17)5-6-10(12)14-11/h5-6,8H,3-4,7H2,1-2H3,(H3,12,13,14). The molecule has 0 saturated carbocycles. The maximum atomic E-state index is 10.9. The van der Waals surface area contributed by atoms with Gasteiger partial charge in [-0.05, 0) is 12.5 Å². The smallest absolute Gasteiger partial charge is 0.311 e. The van der Waals surface area contributed by atoms with Crippen LogP contribution in [0.15, 0.2) is 12.1 Å². The third-order valence-corrected chi connectivity index (χ3v) is 2.44. The van der Waals surface area contributed by atoms with E-state index in [1.807, 2.05) is 6.92 Å². The Kier molecular flexibility index (Phi) is 5.31. The van der Waals surface area contributed by atoms with Crippen molar-refractivity contribution in [2.75, 3.05) is 24.8 Å². The van der Waals surface area contributed by atoms with Crippen LogP contribution >= 0.6 is 0 Å². The first kappa shape index (κ1) is 14.2. The molecule has 1 heterocycles. The largest absolute Gasteiger partial charge is 0.384 e. The van der Waals surface area contributed by atoms with Crippen molar-refractivity contribution in [1.29, 1.82) is 0 Å². The fourth-order valence-electron chi connectivity index (χ4n) is 1.66. The number of anilines is 2. The molecule has 1 rings (SSSR count). The summed E-state index contributed by atoms with van der Waals surface area (Å²) in [6, 6.07) is 2.74. The van der Waals surface area contributed by atoms with E-state index in [0.29, 0.717) is 6.61 Å². The maximum absolute atomic E-state index is 10.9. The molecule has 0 aromatic carbocycles. The number of aromatic nitrogens is 1. The zero-order valence-electron chi connectivity index (χ0n) is 10.5. The van der Waals surface area contributed by atoms with E-state index < -0.39 is 4.92 Å². The minimum absolute atomic E-state index is 0.0204. The predicted octanol–water partition coefficient (Wildman–Crippen LogP) is 1.80. The fourth-order valence-corrected chi connectivity index (χ4v) is 1.66. The van der Waals surface area contributed by atoms with Crippen LogP contribution in [0.2, 0.25) is 0 Å². The molecule has 0 aliphatic heterocycles. The van der Waals surface area contributed by atoms with E-state index in [4.69, 9.17) is 10.5 Å². The number of nitrogens with zero attached hydrogens (tertiary/aromatic N) is 2. The first-order valence-electron chi connectivity index (χ1n) is 5.74. The quantitative estimate of drug-likeness (QED) is 0.568. The monoisotopic (exact) mass is 254 g/mol. The predicted molar refractivity (Wildman–Crippen MR) is 69.5 cm³/mol. The van der Waals surface area contributed by atoms with Crippen molar-refractivity contribution in [3.8, 4) is 0 Å². The highest BCUT2D eigenvalue weighted by atomic mass is 16.6. The summed E-state index contributed by atoms with van der Waals surface area (Å²) in [6.07, 6.45) is 1.78. The fraction of sp³-hybridized carbons (Fsp3) is 0.545. The van der Waals surface area contributed by atoms with E-state index in [9.17, 15) is 10.1 Å². The van der Waals surface area contributed by atoms with Crippen LogP contribution in [0.25, 0.3) is 0 Å². The molecule has 0 saturated heterocycles. The molecular formula is C11H18N4O3. The number of ether oxygens (including phenoxy) is 1. The van der Waals surface area contributed by atoms with Crippen LogP contribution in [0.4, 0.5) is 17.3 Å². The summed E-state index contributed by atoms with van der Waals surface area (Å²) in [5.41, 5.74) is 5.46. The third-order valence-electron chi connectivity index (χ3n) is 2.44. The second kappa shape index (κ2) is 6.75. The molecule has 0 fully saturated rings. The van der Waals surface area contributed by atoms with E-state index in [1.54, 1.807) is 7.11 Å². The molecule has 1 unspecified atom stereocenters. The van der Waals surface area contributed by atoms with Crippen molar-refractivity contribution in [2.45, 2.75) is 25.8 Å². The van der Waals surface area contributed by atoms with Gasteiger partial charge >= 0.3 is 5.69 Å². The number of rotatable bonds is 7. The molecule has 7 heteroatoms. The number of nitrogens with two attached hydrogens (primary N) is 1. The van der Waals surface area contributed by atoms with Gasteiger partial charge in [0.25, 0.3) is 0 Å². The van der Waals surface area contributed by atoms with Gasteiger partial charge in [0.15, 0.2) is 0 Å². The second-order valence-corrected chi connectivity index (χ2v) is 3.95. The van der Waals surface area contributed by atoms with Crippen LogP contribution in [0.1, 0.15) is 19.8 Å². The highest BCUT2D eigenvalue weighted by Crippen LogP contribution is 2.24. The van der Waals surface area contributed by atoms with Crippen molar-refractivity contribution in [3.05, 3.63) is 22.2 Å². The van der Waals surface area contributed by atoms with Crippen LogP contribution < -0.4 is 11.1 Å². The van der Waals surface area contributed by atoms with Gasteiger partial charge in [-0.25, -0.2) is 4.98 Å². The lowest BCUT2D eigenvalue weighted by Gasteiger charge is -2.17. The van der Waals surface area contributed by atoms with Crippen LogP contribution in [0.5, 0.6) is 0 Å². The van der Waals surface area contributed by atoms with Gasteiger partial charge in [-0.2, -0.15) is 0 Å². The zero-order valence-corrected chi connectivity index (χ0v) is 10.5. The van der Waals surface area contributed by atoms with Crippen molar-refractivity contribution < 1.29 is 9.66 Å². The molecule has 3 N–H and O–H groups in total. The summed E-state index contributed by atoms with van der Waals surface area (Å²) >= 11 is 0. The molecule has 0 radical (unpaired) electrons. The van der Waals surface area contributed by atoms with Gasteiger partial charge in [0.05, 0.1) is 17.6 Å². The molecule has 1 aromatic heterocycles. The van der Waals surface area contributed by atoms with Gasteiger partial charge in [-0.1, -0.05) is 13.3 Å². The summed E-state index contributed by atoms with van der Waals surface area (Å²) < 4.78 is 5.07. The van der Waals surface area contributed by atoms with Crippen LogP contribution in [-0.2, 0) is 4.74 Å². The molecule has 7 nitrogen and oxygen atoms in total. The lowest BCUT2D eigenvalue weighted by molar-refractivity contribution is -0.384. The Morgan fingerprint density at radius 2 is 2.33 bits per heavy atom. The minimum atomic E-state index is -0.482. The molecule has 0 aliphatic rings. The number of nitrogen functional groups attached to an aromatic ring is 1. The average molecular weight is 254 g/mol. The Labute approximate surface area is 105 Å². The SMILES string of the molecule is CCCC(COC)Nc1nc(N)ccc1[N+](=O)[O-]. The van der Waals surface area contributed by atoms with E-state index in [0.717, 1.165) is 12.8 Å². The molecule has 100 valence electrons. The van der Waals surface area contributed by atoms with Gasteiger partial charge in [-0.15, -0.1) is 0 Å². The summed E-state index contributed by atoms with van der Waals surface area (Å²) in [7, 11) is 1.59. The number of hydrogen-bond donors (Lipinski definition) is 2. The van der Waals surface area contributed by atoms with Crippen molar-refractivity contribution in [1.82, 2.24) is 4.98 Å². The molecule has 18 heavy (non-hydrogen) atoms. The first-order valence-corrected chi connectivity index (χ1v) is 5.74. The zero-order chi connectivity index (χ0) is 13.5. The molecule has 0 amide bonds. The van der Waals surface area contributed by atoms with Crippen LogP contribution in [-0.4, -0.2) is 29.7 Å². The number of methoxy groups -OCH3 is 1. The summed E-state index contributed by atoms with van der Waals surface area (Å²) in [5, 5.41) is 13.9. The molecule has 0 spiro atoms. The molecule has 0 bridgehead atoms. The normalized spacial score (nSPS) is 12.1.